The second-order valence-electron chi connectivity index (χ2n) is 3.59. The van der Waals surface area contributed by atoms with Gasteiger partial charge in [0.05, 0.1) is 0 Å². The van der Waals surface area contributed by atoms with Gasteiger partial charge in [-0.25, -0.2) is 0 Å². The Labute approximate surface area is 99.1 Å². The highest BCUT2D eigenvalue weighted by Gasteiger charge is 2.06. The van der Waals surface area contributed by atoms with Crippen molar-refractivity contribution in [2.24, 2.45) is 5.73 Å². The zero-order valence-electron chi connectivity index (χ0n) is 9.02. The van der Waals surface area contributed by atoms with Crippen molar-refractivity contribution in [3.63, 3.8) is 0 Å². The van der Waals surface area contributed by atoms with Gasteiger partial charge < -0.3 is 5.73 Å². The molecule has 0 saturated heterocycles. The third-order valence-electron chi connectivity index (χ3n) is 2.42. The number of halogens is 1. The molecule has 0 fully saturated rings. The van der Waals surface area contributed by atoms with Gasteiger partial charge in [0, 0.05) is 17.1 Å². The Hall–Kier alpha value is -1.39. The van der Waals surface area contributed by atoms with Crippen LogP contribution in [0.1, 0.15) is 11.4 Å². The highest BCUT2D eigenvalue weighted by atomic mass is 35.5. The molecule has 4 nitrogen and oxygen atoms in total. The molecule has 5 heteroatoms. The lowest BCUT2D eigenvalue weighted by Gasteiger charge is -2.07. The fourth-order valence-electron chi connectivity index (χ4n) is 1.51. The normalized spacial score (nSPS) is 10.7. The SMILES string of the molecule is Cc1ccc(-n2cnnc2CCN)cc1Cl. The molecule has 0 aliphatic rings. The Morgan fingerprint density at radius 1 is 1.44 bits per heavy atom. The smallest absolute Gasteiger partial charge is 0.138 e. The summed E-state index contributed by atoms with van der Waals surface area (Å²) in [7, 11) is 0. The van der Waals surface area contributed by atoms with Gasteiger partial charge in [-0.3, -0.25) is 4.57 Å². The summed E-state index contributed by atoms with van der Waals surface area (Å²) in [5.41, 5.74) is 7.53. The van der Waals surface area contributed by atoms with Crippen LogP contribution in [-0.4, -0.2) is 21.3 Å². The Morgan fingerprint density at radius 3 is 2.94 bits per heavy atom. The van der Waals surface area contributed by atoms with E-state index in [1.165, 1.54) is 0 Å². The van der Waals surface area contributed by atoms with Gasteiger partial charge in [-0.2, -0.15) is 0 Å². The van der Waals surface area contributed by atoms with Crippen molar-refractivity contribution >= 4 is 11.6 Å². The molecule has 0 unspecified atom stereocenters. The minimum atomic E-state index is 0.554. The van der Waals surface area contributed by atoms with E-state index in [9.17, 15) is 0 Å². The number of hydrogen-bond donors (Lipinski definition) is 1. The van der Waals surface area contributed by atoms with Crippen LogP contribution >= 0.6 is 11.6 Å². The summed E-state index contributed by atoms with van der Waals surface area (Å²) in [4.78, 5) is 0. The molecule has 1 aromatic carbocycles. The lowest BCUT2D eigenvalue weighted by atomic mass is 10.2. The van der Waals surface area contributed by atoms with Gasteiger partial charge in [-0.1, -0.05) is 17.7 Å². The first kappa shape index (κ1) is 11.1. The fraction of sp³-hybridized carbons (Fsp3) is 0.273. The van der Waals surface area contributed by atoms with E-state index in [4.69, 9.17) is 17.3 Å². The number of hydrogen-bond acceptors (Lipinski definition) is 3. The predicted molar refractivity (Wildman–Crippen MR) is 63.9 cm³/mol. The minimum Gasteiger partial charge on any atom is -0.330 e. The average molecular weight is 237 g/mol. The number of nitrogens with two attached hydrogens (primary N) is 1. The average Bonchev–Trinajstić information content (AvgIpc) is 2.71. The second-order valence-corrected chi connectivity index (χ2v) is 4.00. The van der Waals surface area contributed by atoms with Crippen LogP contribution in [0.2, 0.25) is 5.02 Å². The highest BCUT2D eigenvalue weighted by molar-refractivity contribution is 6.31. The van der Waals surface area contributed by atoms with Gasteiger partial charge in [0.15, 0.2) is 0 Å². The van der Waals surface area contributed by atoms with Crippen molar-refractivity contribution in [1.29, 1.82) is 0 Å². The summed E-state index contributed by atoms with van der Waals surface area (Å²) in [5.74, 6) is 0.849. The molecule has 1 aromatic heterocycles. The fourth-order valence-corrected chi connectivity index (χ4v) is 1.68. The molecule has 0 atom stereocenters. The molecule has 0 aliphatic carbocycles. The van der Waals surface area contributed by atoms with Gasteiger partial charge in [-0.15, -0.1) is 10.2 Å². The third-order valence-corrected chi connectivity index (χ3v) is 2.83. The molecule has 0 amide bonds. The van der Waals surface area contributed by atoms with E-state index >= 15 is 0 Å². The molecule has 2 rings (SSSR count). The summed E-state index contributed by atoms with van der Waals surface area (Å²) in [6, 6.07) is 5.87. The number of aryl methyl sites for hydroxylation is 1. The summed E-state index contributed by atoms with van der Waals surface area (Å²) in [5, 5.41) is 8.65. The Kier molecular flexibility index (Phi) is 3.22. The van der Waals surface area contributed by atoms with Gasteiger partial charge >= 0.3 is 0 Å². The maximum absolute atomic E-state index is 6.08. The molecule has 0 aliphatic heterocycles. The van der Waals surface area contributed by atoms with Crippen LogP contribution in [0.5, 0.6) is 0 Å². The molecular formula is C11H13ClN4. The molecule has 0 radical (unpaired) electrons. The summed E-state index contributed by atoms with van der Waals surface area (Å²) in [6.45, 7) is 2.53. The summed E-state index contributed by atoms with van der Waals surface area (Å²) in [6.07, 6.45) is 2.37. The largest absolute Gasteiger partial charge is 0.330 e. The summed E-state index contributed by atoms with van der Waals surface area (Å²) >= 11 is 6.08. The quantitative estimate of drug-likeness (QED) is 0.883. The van der Waals surface area contributed by atoms with E-state index in [1.807, 2.05) is 29.7 Å². The maximum Gasteiger partial charge on any atom is 0.138 e. The second kappa shape index (κ2) is 4.63. The first-order valence-corrected chi connectivity index (χ1v) is 5.45. The number of aromatic nitrogens is 3. The van der Waals surface area contributed by atoms with Gasteiger partial charge in [0.2, 0.25) is 0 Å². The van der Waals surface area contributed by atoms with Gasteiger partial charge in [-0.05, 0) is 31.2 Å². The van der Waals surface area contributed by atoms with E-state index in [0.29, 0.717) is 13.0 Å². The van der Waals surface area contributed by atoms with Crippen LogP contribution in [0.25, 0.3) is 5.69 Å². The first-order valence-electron chi connectivity index (χ1n) is 5.08. The monoisotopic (exact) mass is 236 g/mol. The van der Waals surface area contributed by atoms with E-state index in [2.05, 4.69) is 10.2 Å². The van der Waals surface area contributed by atoms with Crippen molar-refractivity contribution in [2.75, 3.05) is 6.54 Å². The van der Waals surface area contributed by atoms with Crippen LogP contribution in [0.3, 0.4) is 0 Å². The van der Waals surface area contributed by atoms with Gasteiger partial charge in [0.1, 0.15) is 12.2 Å². The zero-order valence-corrected chi connectivity index (χ0v) is 9.78. The lowest BCUT2D eigenvalue weighted by molar-refractivity contribution is 0.830. The molecule has 2 N–H and O–H groups in total. The molecule has 84 valence electrons. The molecular weight excluding hydrogens is 224 g/mol. The van der Waals surface area contributed by atoms with Crippen LogP contribution in [-0.2, 0) is 6.42 Å². The minimum absolute atomic E-state index is 0.554. The molecule has 2 aromatic rings. The Balaban J connectivity index is 2.42. The van der Waals surface area contributed by atoms with Crippen LogP contribution in [0, 0.1) is 6.92 Å². The van der Waals surface area contributed by atoms with Crippen LogP contribution in [0.15, 0.2) is 24.5 Å². The predicted octanol–water partition coefficient (Wildman–Crippen LogP) is 1.73. The van der Waals surface area contributed by atoms with Crippen LogP contribution < -0.4 is 5.73 Å². The van der Waals surface area contributed by atoms with E-state index < -0.39 is 0 Å². The Bertz CT molecular complexity index is 492. The highest BCUT2D eigenvalue weighted by Crippen LogP contribution is 2.19. The van der Waals surface area contributed by atoms with Crippen molar-refractivity contribution < 1.29 is 0 Å². The van der Waals surface area contributed by atoms with Gasteiger partial charge in [0.25, 0.3) is 0 Å². The molecule has 0 bridgehead atoms. The van der Waals surface area contributed by atoms with Crippen molar-refractivity contribution in [3.8, 4) is 5.69 Å². The number of nitrogens with zero attached hydrogens (tertiary/aromatic N) is 3. The summed E-state index contributed by atoms with van der Waals surface area (Å²) < 4.78 is 1.90. The van der Waals surface area contributed by atoms with Crippen molar-refractivity contribution in [1.82, 2.24) is 14.8 Å². The van der Waals surface area contributed by atoms with Crippen molar-refractivity contribution in [3.05, 3.63) is 40.9 Å². The van der Waals surface area contributed by atoms with E-state index in [-0.39, 0.29) is 0 Å². The molecule has 0 saturated carbocycles. The molecule has 1 heterocycles. The molecule has 16 heavy (non-hydrogen) atoms. The Morgan fingerprint density at radius 2 is 2.25 bits per heavy atom. The third kappa shape index (κ3) is 2.08. The standard InChI is InChI=1S/C11H13ClN4/c1-8-2-3-9(6-10(8)12)16-7-14-15-11(16)4-5-13/h2-3,6-7H,4-5,13H2,1H3. The first-order chi connectivity index (χ1) is 7.72. The van der Waals surface area contributed by atoms with Crippen LogP contribution in [0.4, 0.5) is 0 Å². The topological polar surface area (TPSA) is 56.7 Å². The molecule has 0 spiro atoms. The number of benzene rings is 1. The zero-order chi connectivity index (χ0) is 11.5. The van der Waals surface area contributed by atoms with E-state index in [1.54, 1.807) is 6.33 Å². The maximum atomic E-state index is 6.08. The van der Waals surface area contributed by atoms with Crippen molar-refractivity contribution in [2.45, 2.75) is 13.3 Å². The number of rotatable bonds is 3. The lowest BCUT2D eigenvalue weighted by Crippen LogP contribution is -2.08. The van der Waals surface area contributed by atoms with E-state index in [0.717, 1.165) is 22.1 Å².